The summed E-state index contributed by atoms with van der Waals surface area (Å²) in [5, 5.41) is 0.266. The molecule has 1 fully saturated rings. The molecule has 2 aliphatic rings. The fraction of sp³-hybridized carbons (Fsp3) is 0.714. The number of fused-ring (bicyclic) bond motifs is 1. The number of anilines is 1. The first-order chi connectivity index (χ1) is 9.49. The summed E-state index contributed by atoms with van der Waals surface area (Å²) in [5.41, 5.74) is 0.213. The number of rotatable bonds is 4. The van der Waals surface area contributed by atoms with E-state index in [9.17, 15) is 4.79 Å². The molecule has 0 amide bonds. The van der Waals surface area contributed by atoms with Crippen molar-refractivity contribution in [2.24, 2.45) is 5.41 Å². The van der Waals surface area contributed by atoms with Crippen LogP contribution in [0.1, 0.15) is 26.7 Å². The van der Waals surface area contributed by atoms with E-state index in [4.69, 9.17) is 16.3 Å². The van der Waals surface area contributed by atoms with Crippen molar-refractivity contribution in [1.29, 1.82) is 0 Å². The van der Waals surface area contributed by atoms with Crippen molar-refractivity contribution in [1.82, 2.24) is 9.55 Å². The maximum Gasteiger partial charge on any atom is 0.256 e. The van der Waals surface area contributed by atoms with Crippen LogP contribution in [0.4, 0.5) is 5.95 Å². The second kappa shape index (κ2) is 5.04. The number of ether oxygens (including phenoxy) is 1. The van der Waals surface area contributed by atoms with Crippen LogP contribution >= 0.6 is 11.6 Å². The molecular formula is C14H20ClN3O2. The summed E-state index contributed by atoms with van der Waals surface area (Å²) in [5.74, 6) is 0.687. The minimum Gasteiger partial charge on any atom is -0.377 e. The number of nitrogens with zero attached hydrogens (tertiary/aromatic N) is 3. The minimum absolute atomic E-state index is 0.0549. The van der Waals surface area contributed by atoms with Crippen LogP contribution in [0, 0.1) is 5.41 Å². The third kappa shape index (κ3) is 2.69. The molecule has 110 valence electrons. The van der Waals surface area contributed by atoms with E-state index in [1.54, 1.807) is 4.57 Å². The molecule has 0 radical (unpaired) electrons. The molecule has 5 nitrogen and oxygen atoms in total. The van der Waals surface area contributed by atoms with Crippen molar-refractivity contribution in [3.05, 3.63) is 21.6 Å². The van der Waals surface area contributed by atoms with Gasteiger partial charge in [-0.15, -0.1) is 0 Å². The predicted molar refractivity (Wildman–Crippen MR) is 78.5 cm³/mol. The molecule has 20 heavy (non-hydrogen) atoms. The monoisotopic (exact) mass is 297 g/mol. The van der Waals surface area contributed by atoms with Crippen molar-refractivity contribution in [2.75, 3.05) is 24.6 Å². The molecule has 1 aliphatic carbocycles. The molecule has 1 spiro atoms. The molecule has 0 atom stereocenters. The molecule has 0 saturated heterocycles. The molecule has 6 heteroatoms. The Morgan fingerprint density at radius 2 is 2.20 bits per heavy atom. The number of hydrogen-bond acceptors (Lipinski definition) is 4. The Morgan fingerprint density at radius 3 is 2.85 bits per heavy atom. The Morgan fingerprint density at radius 1 is 1.45 bits per heavy atom. The molecule has 1 aromatic heterocycles. The lowest BCUT2D eigenvalue weighted by atomic mass is 10.0. The maximum atomic E-state index is 12.1. The third-order valence-electron chi connectivity index (χ3n) is 4.03. The van der Waals surface area contributed by atoms with Gasteiger partial charge in [-0.3, -0.25) is 9.36 Å². The highest BCUT2D eigenvalue weighted by atomic mass is 35.5. The molecule has 0 N–H and O–H groups in total. The largest absolute Gasteiger partial charge is 0.377 e. The molecule has 0 unspecified atom stereocenters. The van der Waals surface area contributed by atoms with Gasteiger partial charge in [-0.2, -0.15) is 0 Å². The Hall–Kier alpha value is -1.07. The lowest BCUT2D eigenvalue weighted by Gasteiger charge is -2.36. The van der Waals surface area contributed by atoms with Crippen LogP contribution in [0.2, 0.25) is 5.15 Å². The average Bonchev–Trinajstić information content (AvgIpc) is 3.10. The summed E-state index contributed by atoms with van der Waals surface area (Å²) in [6.07, 6.45) is 2.58. The van der Waals surface area contributed by atoms with E-state index < -0.39 is 0 Å². The van der Waals surface area contributed by atoms with Gasteiger partial charge in [-0.1, -0.05) is 11.6 Å². The van der Waals surface area contributed by atoms with E-state index >= 15 is 0 Å². The van der Waals surface area contributed by atoms with E-state index in [-0.39, 0.29) is 22.2 Å². The Labute approximate surface area is 123 Å². The second-order valence-corrected chi connectivity index (χ2v) is 6.53. The first kappa shape index (κ1) is 13.9. The zero-order valence-corrected chi connectivity index (χ0v) is 12.7. The molecule has 1 aliphatic heterocycles. The van der Waals surface area contributed by atoms with Crippen LogP contribution in [0.5, 0.6) is 0 Å². The van der Waals surface area contributed by atoms with Gasteiger partial charge in [0.2, 0.25) is 5.95 Å². The van der Waals surface area contributed by atoms with Crippen molar-refractivity contribution < 1.29 is 4.74 Å². The highest BCUT2D eigenvalue weighted by Gasteiger charge is 2.48. The fourth-order valence-electron chi connectivity index (χ4n) is 2.79. The lowest BCUT2D eigenvalue weighted by Crippen LogP contribution is -2.45. The fourth-order valence-corrected chi connectivity index (χ4v) is 2.96. The van der Waals surface area contributed by atoms with Crippen LogP contribution in [0.15, 0.2) is 10.9 Å². The molecule has 1 saturated carbocycles. The maximum absolute atomic E-state index is 12.1. The summed E-state index contributed by atoms with van der Waals surface area (Å²) < 4.78 is 7.38. The lowest BCUT2D eigenvalue weighted by molar-refractivity contribution is 0.0827. The Kier molecular flexibility index (Phi) is 3.50. The summed E-state index contributed by atoms with van der Waals surface area (Å²) in [6.45, 7) is 7.13. The van der Waals surface area contributed by atoms with Crippen molar-refractivity contribution in [3.8, 4) is 0 Å². The van der Waals surface area contributed by atoms with Crippen molar-refractivity contribution in [2.45, 2.75) is 39.3 Å². The normalized spacial score (nSPS) is 19.5. The minimum atomic E-state index is -0.0549. The van der Waals surface area contributed by atoms with Gasteiger partial charge in [0.25, 0.3) is 5.56 Å². The Balaban J connectivity index is 1.85. The smallest absolute Gasteiger partial charge is 0.256 e. The molecule has 3 rings (SSSR count). The van der Waals surface area contributed by atoms with Crippen LogP contribution in [-0.2, 0) is 11.3 Å². The highest BCUT2D eigenvalue weighted by Crippen LogP contribution is 2.50. The van der Waals surface area contributed by atoms with E-state index in [1.807, 2.05) is 13.8 Å². The number of hydrogen-bond donors (Lipinski definition) is 0. The standard InChI is InChI=1S/C14H20ClN3O2/c1-10(2)20-6-5-17-8-14(3-4-14)9-18-12(19)7-11(15)16-13(17)18/h7,10H,3-6,8-9H2,1-2H3. The van der Waals surface area contributed by atoms with Gasteiger partial charge >= 0.3 is 0 Å². The van der Waals surface area contributed by atoms with Gasteiger partial charge in [0.15, 0.2) is 0 Å². The van der Waals surface area contributed by atoms with Gasteiger partial charge in [0.1, 0.15) is 5.15 Å². The first-order valence-electron chi connectivity index (χ1n) is 7.13. The topological polar surface area (TPSA) is 47.4 Å². The third-order valence-corrected chi connectivity index (χ3v) is 4.22. The highest BCUT2D eigenvalue weighted by molar-refractivity contribution is 6.29. The first-order valence-corrected chi connectivity index (χ1v) is 7.51. The van der Waals surface area contributed by atoms with Gasteiger partial charge in [-0.05, 0) is 26.7 Å². The summed E-state index contributed by atoms with van der Waals surface area (Å²) in [7, 11) is 0. The molecule has 0 aromatic carbocycles. The van der Waals surface area contributed by atoms with E-state index in [0.717, 1.165) is 19.6 Å². The second-order valence-electron chi connectivity index (χ2n) is 6.14. The molecule has 2 heterocycles. The van der Waals surface area contributed by atoms with Gasteiger partial charge in [-0.25, -0.2) is 4.98 Å². The van der Waals surface area contributed by atoms with Gasteiger partial charge in [0, 0.05) is 31.1 Å². The average molecular weight is 298 g/mol. The van der Waals surface area contributed by atoms with E-state index in [1.165, 1.54) is 18.9 Å². The summed E-state index contributed by atoms with van der Waals surface area (Å²) in [6, 6.07) is 1.40. The van der Waals surface area contributed by atoms with Crippen molar-refractivity contribution in [3.63, 3.8) is 0 Å². The van der Waals surface area contributed by atoms with E-state index in [0.29, 0.717) is 12.6 Å². The van der Waals surface area contributed by atoms with Crippen LogP contribution in [0.3, 0.4) is 0 Å². The molecular weight excluding hydrogens is 278 g/mol. The quantitative estimate of drug-likeness (QED) is 0.797. The molecule has 0 bridgehead atoms. The van der Waals surface area contributed by atoms with E-state index in [2.05, 4.69) is 9.88 Å². The van der Waals surface area contributed by atoms with Crippen molar-refractivity contribution >= 4 is 17.5 Å². The SMILES string of the molecule is CC(C)OCCN1CC2(CC2)Cn2c1nc(Cl)cc2=O. The number of aromatic nitrogens is 2. The Bertz CT molecular complexity index is 566. The van der Waals surface area contributed by atoms with Gasteiger partial charge in [0.05, 0.1) is 12.7 Å². The predicted octanol–water partition coefficient (Wildman–Crippen LogP) is 1.92. The van der Waals surface area contributed by atoms with Crippen LogP contribution < -0.4 is 10.5 Å². The summed E-state index contributed by atoms with van der Waals surface area (Å²) in [4.78, 5) is 18.6. The zero-order valence-electron chi connectivity index (χ0n) is 11.9. The molecule has 1 aromatic rings. The summed E-state index contributed by atoms with van der Waals surface area (Å²) >= 11 is 5.94. The van der Waals surface area contributed by atoms with Crippen LogP contribution in [0.25, 0.3) is 0 Å². The van der Waals surface area contributed by atoms with Gasteiger partial charge < -0.3 is 9.64 Å². The zero-order chi connectivity index (χ0) is 14.3. The van der Waals surface area contributed by atoms with Crippen LogP contribution in [-0.4, -0.2) is 35.4 Å². The number of halogens is 1.